The van der Waals surface area contributed by atoms with Crippen molar-refractivity contribution >= 4 is 17.7 Å². The number of hydrogen-bond donors (Lipinski definition) is 1. The zero-order chi connectivity index (χ0) is 18.0. The van der Waals surface area contributed by atoms with Crippen LogP contribution in [0.3, 0.4) is 0 Å². The van der Waals surface area contributed by atoms with Crippen LogP contribution in [0.15, 0.2) is 60.7 Å². The van der Waals surface area contributed by atoms with Gasteiger partial charge in [0, 0.05) is 31.1 Å². The first-order chi connectivity index (χ1) is 12.8. The van der Waals surface area contributed by atoms with Crippen LogP contribution >= 0.6 is 11.8 Å². The van der Waals surface area contributed by atoms with E-state index in [0.29, 0.717) is 0 Å². The Kier molecular flexibility index (Phi) is 7.59. The SMILES string of the molecule is O=C(NCCSCc1ccccc1)C1CCCN(Cc2ccccc2)C1. The molecule has 138 valence electrons. The molecule has 2 aromatic carbocycles. The molecule has 3 rings (SSSR count). The van der Waals surface area contributed by atoms with E-state index in [1.807, 2.05) is 23.9 Å². The standard InChI is InChI=1S/C22H28N2OS/c25-22(23-13-15-26-18-20-10-5-2-6-11-20)21-12-7-14-24(17-21)16-19-8-3-1-4-9-19/h1-6,8-11,21H,7,12-18H2,(H,23,25). The smallest absolute Gasteiger partial charge is 0.224 e. The topological polar surface area (TPSA) is 32.3 Å². The van der Waals surface area contributed by atoms with Gasteiger partial charge in [0.15, 0.2) is 0 Å². The van der Waals surface area contributed by atoms with Crippen molar-refractivity contribution in [3.8, 4) is 0 Å². The summed E-state index contributed by atoms with van der Waals surface area (Å²) >= 11 is 1.87. The second-order valence-electron chi connectivity index (χ2n) is 6.89. The van der Waals surface area contributed by atoms with Crippen molar-refractivity contribution in [3.05, 3.63) is 71.8 Å². The summed E-state index contributed by atoms with van der Waals surface area (Å²) < 4.78 is 0. The molecule has 0 saturated carbocycles. The van der Waals surface area contributed by atoms with Crippen molar-refractivity contribution < 1.29 is 4.79 Å². The number of nitrogens with zero attached hydrogens (tertiary/aromatic N) is 1. The fourth-order valence-corrected chi connectivity index (χ4v) is 4.23. The van der Waals surface area contributed by atoms with Gasteiger partial charge in [-0.15, -0.1) is 0 Å². The van der Waals surface area contributed by atoms with Crippen LogP contribution in [0.5, 0.6) is 0 Å². The van der Waals surface area contributed by atoms with E-state index < -0.39 is 0 Å². The number of carbonyl (C=O) groups excluding carboxylic acids is 1. The number of rotatable bonds is 8. The zero-order valence-electron chi connectivity index (χ0n) is 15.3. The molecule has 0 spiro atoms. The lowest BCUT2D eigenvalue weighted by molar-refractivity contribution is -0.126. The lowest BCUT2D eigenvalue weighted by Gasteiger charge is -2.32. The first-order valence-electron chi connectivity index (χ1n) is 9.47. The van der Waals surface area contributed by atoms with E-state index in [1.54, 1.807) is 0 Å². The molecule has 1 heterocycles. The molecule has 0 aromatic heterocycles. The molecule has 1 amide bonds. The highest BCUT2D eigenvalue weighted by molar-refractivity contribution is 7.98. The second-order valence-corrected chi connectivity index (χ2v) is 7.99. The van der Waals surface area contributed by atoms with Crippen molar-refractivity contribution in [1.82, 2.24) is 10.2 Å². The van der Waals surface area contributed by atoms with Gasteiger partial charge in [0.1, 0.15) is 0 Å². The minimum atomic E-state index is 0.131. The number of amides is 1. The van der Waals surface area contributed by atoms with E-state index >= 15 is 0 Å². The van der Waals surface area contributed by atoms with Gasteiger partial charge in [-0.3, -0.25) is 9.69 Å². The highest BCUT2D eigenvalue weighted by atomic mass is 32.2. The molecule has 1 saturated heterocycles. The summed E-state index contributed by atoms with van der Waals surface area (Å²) in [7, 11) is 0. The molecule has 1 aliphatic rings. The van der Waals surface area contributed by atoms with Crippen LogP contribution in [-0.2, 0) is 17.1 Å². The van der Waals surface area contributed by atoms with Crippen LogP contribution in [0.25, 0.3) is 0 Å². The summed E-state index contributed by atoms with van der Waals surface area (Å²) in [5, 5.41) is 3.14. The molecule has 1 N–H and O–H groups in total. The van der Waals surface area contributed by atoms with Crippen LogP contribution in [0, 0.1) is 5.92 Å². The molecule has 1 atom stereocenters. The molecule has 3 nitrogen and oxygen atoms in total. The Morgan fingerprint density at radius 1 is 1.04 bits per heavy atom. The van der Waals surface area contributed by atoms with Gasteiger partial charge >= 0.3 is 0 Å². The Morgan fingerprint density at radius 3 is 2.46 bits per heavy atom. The van der Waals surface area contributed by atoms with Gasteiger partial charge in [-0.1, -0.05) is 60.7 Å². The van der Waals surface area contributed by atoms with Gasteiger partial charge in [0.25, 0.3) is 0 Å². The minimum absolute atomic E-state index is 0.131. The van der Waals surface area contributed by atoms with Crippen molar-refractivity contribution in [2.24, 2.45) is 5.92 Å². The molecule has 1 fully saturated rings. The van der Waals surface area contributed by atoms with E-state index in [9.17, 15) is 4.79 Å². The number of piperidine rings is 1. The maximum absolute atomic E-state index is 12.5. The molecule has 0 aliphatic carbocycles. The van der Waals surface area contributed by atoms with E-state index in [2.05, 4.69) is 58.7 Å². The van der Waals surface area contributed by atoms with Crippen molar-refractivity contribution in [3.63, 3.8) is 0 Å². The third-order valence-corrected chi connectivity index (χ3v) is 5.81. The first-order valence-corrected chi connectivity index (χ1v) is 10.6. The number of nitrogens with one attached hydrogen (secondary N) is 1. The van der Waals surface area contributed by atoms with Gasteiger partial charge in [-0.25, -0.2) is 0 Å². The highest BCUT2D eigenvalue weighted by Gasteiger charge is 2.25. The Bertz CT molecular complexity index is 662. The largest absolute Gasteiger partial charge is 0.355 e. The van der Waals surface area contributed by atoms with E-state index in [1.165, 1.54) is 11.1 Å². The Labute approximate surface area is 161 Å². The van der Waals surface area contributed by atoms with Crippen LogP contribution in [0.4, 0.5) is 0 Å². The van der Waals surface area contributed by atoms with Gasteiger partial charge in [0.2, 0.25) is 5.91 Å². The fourth-order valence-electron chi connectivity index (χ4n) is 3.41. The summed E-state index contributed by atoms with van der Waals surface area (Å²) in [5.41, 5.74) is 2.67. The van der Waals surface area contributed by atoms with E-state index in [4.69, 9.17) is 0 Å². The Morgan fingerprint density at radius 2 is 1.73 bits per heavy atom. The molecular weight excluding hydrogens is 340 g/mol. The van der Waals surface area contributed by atoms with Crippen molar-refractivity contribution in [1.29, 1.82) is 0 Å². The summed E-state index contributed by atoms with van der Waals surface area (Å²) in [6.45, 7) is 3.66. The van der Waals surface area contributed by atoms with Gasteiger partial charge in [-0.2, -0.15) is 11.8 Å². The summed E-state index contributed by atoms with van der Waals surface area (Å²) in [5.74, 6) is 2.32. The number of thioether (sulfide) groups is 1. The van der Waals surface area contributed by atoms with Crippen molar-refractivity contribution in [2.45, 2.75) is 25.1 Å². The summed E-state index contributed by atoms with van der Waals surface area (Å²) in [6.07, 6.45) is 2.11. The molecule has 26 heavy (non-hydrogen) atoms. The predicted octanol–water partition coefficient (Wildman–Crippen LogP) is 3.95. The lowest BCUT2D eigenvalue weighted by Crippen LogP contribution is -2.43. The third kappa shape index (κ3) is 6.19. The van der Waals surface area contributed by atoms with Crippen LogP contribution in [0.2, 0.25) is 0 Å². The van der Waals surface area contributed by atoms with E-state index in [-0.39, 0.29) is 11.8 Å². The number of likely N-dealkylation sites (tertiary alicyclic amines) is 1. The average molecular weight is 369 g/mol. The first kappa shape index (κ1) is 19.0. The molecule has 0 radical (unpaired) electrons. The Hall–Kier alpha value is -1.78. The van der Waals surface area contributed by atoms with Crippen LogP contribution < -0.4 is 5.32 Å². The van der Waals surface area contributed by atoms with Gasteiger partial charge < -0.3 is 5.32 Å². The van der Waals surface area contributed by atoms with E-state index in [0.717, 1.165) is 50.5 Å². The molecule has 1 aliphatic heterocycles. The minimum Gasteiger partial charge on any atom is -0.355 e. The predicted molar refractivity (Wildman–Crippen MR) is 110 cm³/mol. The van der Waals surface area contributed by atoms with Crippen LogP contribution in [0.1, 0.15) is 24.0 Å². The number of hydrogen-bond acceptors (Lipinski definition) is 3. The molecule has 4 heteroatoms. The fraction of sp³-hybridized carbons (Fsp3) is 0.409. The zero-order valence-corrected chi connectivity index (χ0v) is 16.1. The molecule has 2 aromatic rings. The molecule has 1 unspecified atom stereocenters. The maximum atomic E-state index is 12.5. The van der Waals surface area contributed by atoms with Gasteiger partial charge in [0.05, 0.1) is 5.92 Å². The summed E-state index contributed by atoms with van der Waals surface area (Å²) in [6, 6.07) is 21.0. The number of carbonyl (C=O) groups is 1. The monoisotopic (exact) mass is 368 g/mol. The van der Waals surface area contributed by atoms with Gasteiger partial charge in [-0.05, 0) is 30.5 Å². The third-order valence-electron chi connectivity index (χ3n) is 4.78. The normalized spacial score (nSPS) is 17.8. The molecule has 0 bridgehead atoms. The quantitative estimate of drug-likeness (QED) is 0.716. The average Bonchev–Trinajstić information content (AvgIpc) is 2.69. The van der Waals surface area contributed by atoms with Crippen LogP contribution in [-0.4, -0.2) is 36.2 Å². The number of benzene rings is 2. The molecular formula is C22H28N2OS. The lowest BCUT2D eigenvalue weighted by atomic mass is 9.96. The highest BCUT2D eigenvalue weighted by Crippen LogP contribution is 2.19. The second kappa shape index (κ2) is 10.4. The Balaban J connectivity index is 1.35. The summed E-state index contributed by atoms with van der Waals surface area (Å²) in [4.78, 5) is 14.9. The maximum Gasteiger partial charge on any atom is 0.224 e. The van der Waals surface area contributed by atoms with Crippen molar-refractivity contribution in [2.75, 3.05) is 25.4 Å².